The van der Waals surface area contributed by atoms with E-state index in [1.54, 1.807) is 4.90 Å². The summed E-state index contributed by atoms with van der Waals surface area (Å²) in [6.07, 6.45) is 0.320. The van der Waals surface area contributed by atoms with Crippen LogP contribution in [0.15, 0.2) is 53.7 Å². The molecule has 0 saturated heterocycles. The maximum absolute atomic E-state index is 12.9. The quantitative estimate of drug-likeness (QED) is 0.676. The van der Waals surface area contributed by atoms with Gasteiger partial charge in [-0.3, -0.25) is 0 Å². The molecule has 1 N–H and O–H groups in total. The molecule has 154 valence electrons. The molecular weight excluding hydrogens is 409 g/mol. The smallest absolute Gasteiger partial charge is 0.318 e. The topological polar surface area (TPSA) is 53.9 Å². The van der Waals surface area contributed by atoms with E-state index in [9.17, 15) is 4.79 Å². The van der Waals surface area contributed by atoms with E-state index in [1.165, 1.54) is 0 Å². The van der Waals surface area contributed by atoms with Crippen LogP contribution in [0.4, 0.5) is 4.79 Å². The highest BCUT2D eigenvalue weighted by atomic mass is 35.5. The van der Waals surface area contributed by atoms with Gasteiger partial charge in [-0.05, 0) is 38.5 Å². The lowest BCUT2D eigenvalue weighted by Crippen LogP contribution is -2.50. The Balaban J connectivity index is 1.73. The molecule has 1 atom stereocenters. The summed E-state index contributed by atoms with van der Waals surface area (Å²) in [6.45, 7) is 6.60. The molecule has 1 heterocycles. The molecule has 1 aliphatic heterocycles. The SMILES string of the molecule is CC(C)(C)NC(=O)N(Cc1ccccc1Cl)C[C@H]1CC(c2ccccc2Cl)=NO1. The monoisotopic (exact) mass is 433 g/mol. The van der Waals surface area contributed by atoms with Crippen LogP contribution in [0, 0.1) is 0 Å². The van der Waals surface area contributed by atoms with Crippen LogP contribution in [0.25, 0.3) is 0 Å². The summed E-state index contributed by atoms with van der Waals surface area (Å²) in [5.74, 6) is 0. The lowest BCUT2D eigenvalue weighted by atomic mass is 10.0. The standard InChI is InChI=1S/C22H25Cl2N3O2/c1-22(2,3)25-21(28)27(13-15-8-4-6-10-18(15)23)14-16-12-20(26-29-16)17-9-5-7-11-19(17)24/h4-11,16H,12-14H2,1-3H3,(H,25,28)/t16-/m1/s1. The fourth-order valence-electron chi connectivity index (χ4n) is 3.08. The molecular formula is C22H25Cl2N3O2. The van der Waals surface area contributed by atoms with Gasteiger partial charge in [-0.1, -0.05) is 64.8 Å². The zero-order valence-electron chi connectivity index (χ0n) is 16.8. The van der Waals surface area contributed by atoms with Crippen molar-refractivity contribution in [1.29, 1.82) is 0 Å². The molecule has 0 aliphatic carbocycles. The minimum Gasteiger partial charge on any atom is -0.390 e. The molecule has 0 saturated carbocycles. The molecule has 0 radical (unpaired) electrons. The van der Waals surface area contributed by atoms with Gasteiger partial charge in [-0.2, -0.15) is 0 Å². The summed E-state index contributed by atoms with van der Waals surface area (Å²) >= 11 is 12.6. The molecule has 2 aromatic rings. The van der Waals surface area contributed by atoms with E-state index >= 15 is 0 Å². The van der Waals surface area contributed by atoms with Crippen LogP contribution in [0.2, 0.25) is 10.0 Å². The summed E-state index contributed by atoms with van der Waals surface area (Å²) in [5.41, 5.74) is 2.16. The number of halogens is 2. The lowest BCUT2D eigenvalue weighted by Gasteiger charge is -2.30. The van der Waals surface area contributed by atoms with Crippen molar-refractivity contribution in [3.05, 3.63) is 69.7 Å². The van der Waals surface area contributed by atoms with Crippen LogP contribution in [0.1, 0.15) is 38.3 Å². The van der Waals surface area contributed by atoms with Crippen molar-refractivity contribution in [2.24, 2.45) is 5.16 Å². The maximum atomic E-state index is 12.9. The lowest BCUT2D eigenvalue weighted by molar-refractivity contribution is 0.0580. The molecule has 29 heavy (non-hydrogen) atoms. The van der Waals surface area contributed by atoms with Gasteiger partial charge >= 0.3 is 6.03 Å². The zero-order valence-corrected chi connectivity index (χ0v) is 18.3. The summed E-state index contributed by atoms with van der Waals surface area (Å²) < 4.78 is 0. The van der Waals surface area contributed by atoms with Crippen LogP contribution in [0.3, 0.4) is 0 Å². The number of urea groups is 1. The number of rotatable bonds is 5. The highest BCUT2D eigenvalue weighted by molar-refractivity contribution is 6.34. The Morgan fingerprint density at radius 3 is 2.45 bits per heavy atom. The van der Waals surface area contributed by atoms with Gasteiger partial charge in [0.05, 0.1) is 12.3 Å². The van der Waals surface area contributed by atoms with Gasteiger partial charge in [-0.15, -0.1) is 0 Å². The predicted octanol–water partition coefficient (Wildman–Crippen LogP) is 5.50. The van der Waals surface area contributed by atoms with E-state index in [0.29, 0.717) is 29.6 Å². The third-order valence-corrected chi connectivity index (χ3v) is 5.13. The molecule has 5 nitrogen and oxygen atoms in total. The Morgan fingerprint density at radius 2 is 1.79 bits per heavy atom. The molecule has 2 aromatic carbocycles. The average Bonchev–Trinajstić information content (AvgIpc) is 3.10. The number of hydrogen-bond donors (Lipinski definition) is 1. The van der Waals surface area contributed by atoms with Crippen molar-refractivity contribution < 1.29 is 9.63 Å². The second-order valence-electron chi connectivity index (χ2n) is 8.10. The van der Waals surface area contributed by atoms with E-state index in [-0.39, 0.29) is 17.7 Å². The van der Waals surface area contributed by atoms with Crippen molar-refractivity contribution in [1.82, 2.24) is 10.2 Å². The van der Waals surface area contributed by atoms with Crippen molar-refractivity contribution in [3.8, 4) is 0 Å². The molecule has 3 rings (SSSR count). The number of nitrogens with one attached hydrogen (secondary N) is 1. The third-order valence-electron chi connectivity index (χ3n) is 4.43. The largest absolute Gasteiger partial charge is 0.390 e. The van der Waals surface area contributed by atoms with Crippen molar-refractivity contribution in [2.75, 3.05) is 6.54 Å². The minimum absolute atomic E-state index is 0.174. The van der Waals surface area contributed by atoms with Gasteiger partial charge in [0.2, 0.25) is 0 Å². The maximum Gasteiger partial charge on any atom is 0.318 e. The van der Waals surface area contributed by atoms with E-state index in [2.05, 4.69) is 10.5 Å². The fraction of sp³-hybridized carbons (Fsp3) is 0.364. The Labute approximate surface area is 181 Å². The molecule has 0 fully saturated rings. The first-order valence-corrected chi connectivity index (χ1v) is 10.3. The zero-order chi connectivity index (χ0) is 21.0. The van der Waals surface area contributed by atoms with Gasteiger partial charge in [0.15, 0.2) is 6.10 Å². The normalized spacial score (nSPS) is 16.2. The molecule has 0 spiro atoms. The number of amides is 2. The van der Waals surface area contributed by atoms with Gasteiger partial charge in [0, 0.05) is 34.1 Å². The second-order valence-corrected chi connectivity index (χ2v) is 8.92. The Bertz CT molecular complexity index is 909. The number of nitrogens with zero attached hydrogens (tertiary/aromatic N) is 2. The van der Waals surface area contributed by atoms with Crippen LogP contribution < -0.4 is 5.32 Å². The average molecular weight is 434 g/mol. The van der Waals surface area contributed by atoms with E-state index in [0.717, 1.165) is 16.8 Å². The number of carbonyl (C=O) groups excluding carboxylic acids is 1. The highest BCUT2D eigenvalue weighted by Crippen LogP contribution is 2.24. The minimum atomic E-state index is -0.356. The predicted molar refractivity (Wildman–Crippen MR) is 118 cm³/mol. The summed E-state index contributed by atoms with van der Waals surface area (Å²) in [4.78, 5) is 20.3. The third kappa shape index (κ3) is 5.87. The van der Waals surface area contributed by atoms with E-state index in [1.807, 2.05) is 69.3 Å². The van der Waals surface area contributed by atoms with Gasteiger partial charge < -0.3 is 15.1 Å². The van der Waals surface area contributed by atoms with Gasteiger partial charge in [0.1, 0.15) is 0 Å². The molecule has 0 bridgehead atoms. The summed E-state index contributed by atoms with van der Waals surface area (Å²) in [7, 11) is 0. The van der Waals surface area contributed by atoms with Crippen molar-refractivity contribution in [3.63, 3.8) is 0 Å². The first kappa shape index (κ1) is 21.5. The fourth-order valence-corrected chi connectivity index (χ4v) is 3.52. The van der Waals surface area contributed by atoms with Crippen LogP contribution in [-0.4, -0.2) is 34.8 Å². The first-order valence-electron chi connectivity index (χ1n) is 9.51. The Hall–Kier alpha value is -2.24. The molecule has 2 amide bonds. The number of benzene rings is 2. The van der Waals surface area contributed by atoms with Crippen LogP contribution in [-0.2, 0) is 11.4 Å². The van der Waals surface area contributed by atoms with Gasteiger partial charge in [-0.25, -0.2) is 4.79 Å². The molecule has 0 unspecified atom stereocenters. The van der Waals surface area contributed by atoms with Gasteiger partial charge in [0.25, 0.3) is 0 Å². The van der Waals surface area contributed by atoms with E-state index in [4.69, 9.17) is 28.0 Å². The van der Waals surface area contributed by atoms with Crippen molar-refractivity contribution in [2.45, 2.75) is 45.4 Å². The number of oxime groups is 1. The Morgan fingerprint density at radius 1 is 1.14 bits per heavy atom. The second kappa shape index (κ2) is 9.06. The van der Waals surface area contributed by atoms with Crippen LogP contribution >= 0.6 is 23.2 Å². The molecule has 1 aliphatic rings. The first-order chi connectivity index (χ1) is 13.7. The summed E-state index contributed by atoms with van der Waals surface area (Å²) in [5, 5.41) is 8.48. The number of hydrogen-bond acceptors (Lipinski definition) is 3. The summed E-state index contributed by atoms with van der Waals surface area (Å²) in [6, 6.07) is 14.9. The van der Waals surface area contributed by atoms with Crippen molar-refractivity contribution >= 4 is 34.9 Å². The molecule has 7 heteroatoms. The Kier molecular flexibility index (Phi) is 6.70. The highest BCUT2D eigenvalue weighted by Gasteiger charge is 2.29. The van der Waals surface area contributed by atoms with E-state index < -0.39 is 0 Å². The number of carbonyl (C=O) groups is 1. The van der Waals surface area contributed by atoms with Crippen LogP contribution in [0.5, 0.6) is 0 Å². The molecule has 0 aromatic heterocycles.